The number of nitro benzene ring substituents is 1. The number of aliphatic hydroxyl groups excluding tert-OH is 1. The Bertz CT molecular complexity index is 627. The summed E-state index contributed by atoms with van der Waals surface area (Å²) in [6.07, 6.45) is -0.850. The van der Waals surface area contributed by atoms with E-state index in [1.165, 1.54) is 36.5 Å². The van der Waals surface area contributed by atoms with E-state index in [1.54, 1.807) is 6.07 Å². The molecule has 0 saturated carbocycles. The molecule has 0 aliphatic heterocycles. The van der Waals surface area contributed by atoms with E-state index < -0.39 is 11.0 Å². The normalized spacial score (nSPS) is 12.2. The summed E-state index contributed by atoms with van der Waals surface area (Å²) in [5.74, 6) is 0.426. The van der Waals surface area contributed by atoms with Crippen LogP contribution in [-0.4, -0.2) is 10.0 Å². The number of halogens is 1. The molecule has 2 aromatic rings. The quantitative estimate of drug-likeness (QED) is 0.670. The van der Waals surface area contributed by atoms with Crippen LogP contribution in [-0.2, 0) is 6.61 Å². The molecule has 7 heteroatoms. The van der Waals surface area contributed by atoms with Crippen molar-refractivity contribution in [2.75, 3.05) is 0 Å². The van der Waals surface area contributed by atoms with Crippen LogP contribution in [0.1, 0.15) is 23.5 Å². The van der Waals surface area contributed by atoms with Gasteiger partial charge in [-0.15, -0.1) is 11.3 Å². The third kappa shape index (κ3) is 3.47. The number of nitro groups is 1. The Kier molecular flexibility index (Phi) is 4.59. The van der Waals surface area contributed by atoms with Crippen molar-refractivity contribution < 1.29 is 14.8 Å². The lowest BCUT2D eigenvalue weighted by atomic mass is 10.1. The van der Waals surface area contributed by atoms with Crippen LogP contribution in [0.2, 0.25) is 4.34 Å². The largest absolute Gasteiger partial charge is 0.488 e. The summed E-state index contributed by atoms with van der Waals surface area (Å²) in [7, 11) is 0. The molecule has 5 nitrogen and oxygen atoms in total. The van der Waals surface area contributed by atoms with Gasteiger partial charge >= 0.3 is 0 Å². The summed E-state index contributed by atoms with van der Waals surface area (Å²) >= 11 is 7.23. The number of non-ortho nitro benzene ring substituents is 1. The van der Waals surface area contributed by atoms with Crippen molar-refractivity contribution in [2.45, 2.75) is 19.6 Å². The topological polar surface area (TPSA) is 72.6 Å². The third-order valence-corrected chi connectivity index (χ3v) is 3.86. The molecular weight excluding hydrogens is 302 g/mol. The van der Waals surface area contributed by atoms with Gasteiger partial charge in [-0.1, -0.05) is 11.6 Å². The molecule has 0 radical (unpaired) electrons. The van der Waals surface area contributed by atoms with Gasteiger partial charge in [-0.2, -0.15) is 0 Å². The summed E-state index contributed by atoms with van der Waals surface area (Å²) in [6, 6.07) is 7.79. The number of nitrogens with zero attached hydrogens (tertiary/aromatic N) is 1. The van der Waals surface area contributed by atoms with Crippen LogP contribution in [0.5, 0.6) is 5.75 Å². The fourth-order valence-corrected chi connectivity index (χ4v) is 2.69. The Labute approximate surface area is 124 Å². The first-order chi connectivity index (χ1) is 9.47. The van der Waals surface area contributed by atoms with Gasteiger partial charge in [-0.25, -0.2) is 0 Å². The van der Waals surface area contributed by atoms with E-state index in [4.69, 9.17) is 16.3 Å². The van der Waals surface area contributed by atoms with Crippen LogP contribution >= 0.6 is 22.9 Å². The predicted molar refractivity (Wildman–Crippen MR) is 77.4 cm³/mol. The molecule has 0 unspecified atom stereocenters. The molecular formula is C13H12ClNO4S. The zero-order chi connectivity index (χ0) is 14.7. The maximum absolute atomic E-state index is 10.7. The average molecular weight is 314 g/mol. The second-order valence-electron chi connectivity index (χ2n) is 4.15. The van der Waals surface area contributed by atoms with Crippen molar-refractivity contribution in [1.82, 2.24) is 0 Å². The Hall–Kier alpha value is -1.63. The molecule has 1 N–H and O–H groups in total. The van der Waals surface area contributed by atoms with E-state index in [0.29, 0.717) is 22.3 Å². The fourth-order valence-electron chi connectivity index (χ4n) is 1.69. The Morgan fingerprint density at radius 1 is 1.45 bits per heavy atom. The highest BCUT2D eigenvalue weighted by Crippen LogP contribution is 2.30. The minimum atomic E-state index is -0.850. The first-order valence-electron chi connectivity index (χ1n) is 5.81. The number of aliphatic hydroxyl groups is 1. The summed E-state index contributed by atoms with van der Waals surface area (Å²) < 4.78 is 6.27. The molecule has 1 heterocycles. The van der Waals surface area contributed by atoms with Crippen LogP contribution in [0.25, 0.3) is 0 Å². The van der Waals surface area contributed by atoms with Crippen LogP contribution in [0.3, 0.4) is 0 Å². The van der Waals surface area contributed by atoms with Gasteiger partial charge in [-0.05, 0) is 25.1 Å². The van der Waals surface area contributed by atoms with E-state index in [0.717, 1.165) is 4.88 Å². The predicted octanol–water partition coefficient (Wildman–Crippen LogP) is 3.94. The standard InChI is InChI=1S/C13H12ClNO4S/c1-8(16)11-6-9(15(17)18)2-4-12(11)19-7-10-3-5-13(14)20-10/h2-6,8,16H,7H2,1H3/t8-/m1/s1. The van der Waals surface area contributed by atoms with Gasteiger partial charge in [0.1, 0.15) is 12.4 Å². The molecule has 0 aliphatic rings. The lowest BCUT2D eigenvalue weighted by Gasteiger charge is -2.12. The number of rotatable bonds is 5. The van der Waals surface area contributed by atoms with E-state index >= 15 is 0 Å². The molecule has 20 heavy (non-hydrogen) atoms. The Balaban J connectivity index is 2.20. The van der Waals surface area contributed by atoms with Gasteiger partial charge in [-0.3, -0.25) is 10.1 Å². The van der Waals surface area contributed by atoms with Gasteiger partial charge in [0.05, 0.1) is 15.4 Å². The molecule has 1 aromatic carbocycles. The van der Waals surface area contributed by atoms with E-state index in [1.807, 2.05) is 6.07 Å². The highest BCUT2D eigenvalue weighted by molar-refractivity contribution is 7.16. The van der Waals surface area contributed by atoms with Gasteiger partial charge in [0.2, 0.25) is 0 Å². The average Bonchev–Trinajstić information content (AvgIpc) is 2.81. The zero-order valence-electron chi connectivity index (χ0n) is 10.6. The van der Waals surface area contributed by atoms with Crippen molar-refractivity contribution in [3.05, 3.63) is 55.2 Å². The summed E-state index contributed by atoms with van der Waals surface area (Å²) in [5, 5.41) is 20.4. The summed E-state index contributed by atoms with van der Waals surface area (Å²) in [4.78, 5) is 11.2. The van der Waals surface area contributed by atoms with Gasteiger partial charge in [0, 0.05) is 22.6 Å². The molecule has 106 valence electrons. The van der Waals surface area contributed by atoms with Crippen LogP contribution in [0.4, 0.5) is 5.69 Å². The molecule has 0 amide bonds. The number of hydrogen-bond donors (Lipinski definition) is 1. The number of ether oxygens (including phenoxy) is 1. The SMILES string of the molecule is C[C@@H](O)c1cc([N+](=O)[O-])ccc1OCc1ccc(Cl)s1. The second-order valence-corrected chi connectivity index (χ2v) is 5.95. The maximum atomic E-state index is 10.7. The number of thiophene rings is 1. The lowest BCUT2D eigenvalue weighted by molar-refractivity contribution is -0.385. The zero-order valence-corrected chi connectivity index (χ0v) is 12.1. The van der Waals surface area contributed by atoms with Gasteiger partial charge < -0.3 is 9.84 Å². The van der Waals surface area contributed by atoms with E-state index in [-0.39, 0.29) is 5.69 Å². The van der Waals surface area contributed by atoms with Crippen LogP contribution in [0.15, 0.2) is 30.3 Å². The highest BCUT2D eigenvalue weighted by Gasteiger charge is 2.15. The van der Waals surface area contributed by atoms with E-state index in [2.05, 4.69) is 0 Å². The van der Waals surface area contributed by atoms with Crippen molar-refractivity contribution in [3.63, 3.8) is 0 Å². The minimum Gasteiger partial charge on any atom is -0.488 e. The number of hydrogen-bond acceptors (Lipinski definition) is 5. The molecule has 0 aliphatic carbocycles. The fraction of sp³-hybridized carbons (Fsp3) is 0.231. The summed E-state index contributed by atoms with van der Waals surface area (Å²) in [6.45, 7) is 1.84. The molecule has 0 bridgehead atoms. The Morgan fingerprint density at radius 3 is 2.75 bits per heavy atom. The maximum Gasteiger partial charge on any atom is 0.270 e. The van der Waals surface area contributed by atoms with Crippen LogP contribution < -0.4 is 4.74 Å². The highest BCUT2D eigenvalue weighted by atomic mass is 35.5. The number of benzene rings is 1. The second kappa shape index (κ2) is 6.21. The van der Waals surface area contributed by atoms with Crippen molar-refractivity contribution >= 4 is 28.6 Å². The van der Waals surface area contributed by atoms with Crippen LogP contribution in [0, 0.1) is 10.1 Å². The molecule has 0 saturated heterocycles. The smallest absolute Gasteiger partial charge is 0.270 e. The molecule has 2 rings (SSSR count). The Morgan fingerprint density at radius 2 is 2.20 bits per heavy atom. The van der Waals surface area contributed by atoms with E-state index in [9.17, 15) is 15.2 Å². The van der Waals surface area contributed by atoms with Gasteiger partial charge in [0.15, 0.2) is 0 Å². The lowest BCUT2D eigenvalue weighted by Crippen LogP contribution is -2.01. The minimum absolute atomic E-state index is 0.0765. The van der Waals surface area contributed by atoms with Crippen molar-refractivity contribution in [2.24, 2.45) is 0 Å². The van der Waals surface area contributed by atoms with Crippen molar-refractivity contribution in [1.29, 1.82) is 0 Å². The summed E-state index contributed by atoms with van der Waals surface area (Å²) in [5.41, 5.74) is 0.314. The van der Waals surface area contributed by atoms with Crippen molar-refractivity contribution in [3.8, 4) is 5.75 Å². The monoisotopic (exact) mass is 313 g/mol. The first-order valence-corrected chi connectivity index (χ1v) is 7.00. The molecule has 1 atom stereocenters. The molecule has 1 aromatic heterocycles. The molecule has 0 spiro atoms. The van der Waals surface area contributed by atoms with Gasteiger partial charge in [0.25, 0.3) is 5.69 Å². The first kappa shape index (κ1) is 14.8. The third-order valence-electron chi connectivity index (χ3n) is 2.65. The molecule has 0 fully saturated rings.